The molecule has 5 heteroatoms. The molecule has 0 saturated carbocycles. The van der Waals surface area contributed by atoms with Gasteiger partial charge < -0.3 is 15.0 Å². The second kappa shape index (κ2) is 6.21. The first-order valence-electron chi connectivity index (χ1n) is 6.14. The van der Waals surface area contributed by atoms with Gasteiger partial charge in [0.25, 0.3) is 0 Å². The third kappa shape index (κ3) is 3.81. The van der Waals surface area contributed by atoms with Crippen LogP contribution in [0.5, 0.6) is 5.75 Å². The third-order valence-electron chi connectivity index (χ3n) is 2.63. The Balaban J connectivity index is 2.14. The van der Waals surface area contributed by atoms with Crippen LogP contribution in [0.1, 0.15) is 23.9 Å². The molecule has 0 saturated heterocycles. The molecule has 102 valence electrons. The molecule has 0 spiro atoms. The van der Waals surface area contributed by atoms with Crippen molar-refractivity contribution in [1.82, 2.24) is 5.16 Å². The van der Waals surface area contributed by atoms with Gasteiger partial charge in [0.15, 0.2) is 0 Å². The van der Waals surface area contributed by atoms with Crippen LogP contribution in [0.4, 0.5) is 0 Å². The first-order valence-corrected chi connectivity index (χ1v) is 6.93. The number of ether oxygens (including phenoxy) is 1. The summed E-state index contributed by atoms with van der Waals surface area (Å²) in [5.41, 5.74) is 7.72. The molecule has 2 N–H and O–H groups in total. The molecule has 0 aliphatic carbocycles. The number of hydrogen-bond donors (Lipinski definition) is 1. The summed E-state index contributed by atoms with van der Waals surface area (Å²) in [6.07, 6.45) is 0.770. The maximum Gasteiger partial charge on any atom is 0.137 e. The van der Waals surface area contributed by atoms with E-state index in [0.29, 0.717) is 6.61 Å². The van der Waals surface area contributed by atoms with Crippen LogP contribution < -0.4 is 10.5 Å². The number of rotatable bonds is 5. The molecule has 1 aromatic heterocycles. The minimum atomic E-state index is 0.0888. The summed E-state index contributed by atoms with van der Waals surface area (Å²) in [6.45, 7) is 4.22. The highest BCUT2D eigenvalue weighted by molar-refractivity contribution is 9.10. The molecule has 4 nitrogen and oxygen atoms in total. The smallest absolute Gasteiger partial charge is 0.137 e. The Labute approximate surface area is 121 Å². The van der Waals surface area contributed by atoms with E-state index in [-0.39, 0.29) is 6.04 Å². The van der Waals surface area contributed by atoms with Gasteiger partial charge in [0.05, 0.1) is 4.47 Å². The van der Waals surface area contributed by atoms with Crippen LogP contribution in [-0.4, -0.2) is 11.2 Å². The van der Waals surface area contributed by atoms with Crippen LogP contribution in [-0.2, 0) is 13.0 Å². The predicted molar refractivity (Wildman–Crippen MR) is 77.1 cm³/mol. The van der Waals surface area contributed by atoms with E-state index >= 15 is 0 Å². The Bertz CT molecular complexity index is 552. The second-order valence-electron chi connectivity index (χ2n) is 4.63. The Morgan fingerprint density at radius 2 is 2.26 bits per heavy atom. The van der Waals surface area contributed by atoms with Crippen molar-refractivity contribution in [1.29, 1.82) is 0 Å². The van der Waals surface area contributed by atoms with Crippen LogP contribution in [0, 0.1) is 6.92 Å². The van der Waals surface area contributed by atoms with Gasteiger partial charge in [-0.15, -0.1) is 0 Å². The highest BCUT2D eigenvalue weighted by Crippen LogP contribution is 2.30. The van der Waals surface area contributed by atoms with Gasteiger partial charge >= 0.3 is 0 Å². The molecule has 0 radical (unpaired) electrons. The SMILES string of the molecule is Cc1cc(COc2c(Br)cccc2CC(C)N)no1. The monoisotopic (exact) mass is 324 g/mol. The second-order valence-corrected chi connectivity index (χ2v) is 5.48. The average Bonchev–Trinajstić information content (AvgIpc) is 2.73. The topological polar surface area (TPSA) is 61.3 Å². The van der Waals surface area contributed by atoms with Gasteiger partial charge in [-0.3, -0.25) is 0 Å². The zero-order valence-electron chi connectivity index (χ0n) is 11.0. The molecule has 0 bridgehead atoms. The summed E-state index contributed by atoms with van der Waals surface area (Å²) in [6, 6.07) is 7.91. The third-order valence-corrected chi connectivity index (χ3v) is 3.26. The number of benzene rings is 1. The Morgan fingerprint density at radius 3 is 2.89 bits per heavy atom. The van der Waals surface area contributed by atoms with Crippen LogP contribution >= 0.6 is 15.9 Å². The van der Waals surface area contributed by atoms with Gasteiger partial charge in [0, 0.05) is 12.1 Å². The maximum absolute atomic E-state index is 5.86. The van der Waals surface area contributed by atoms with E-state index in [9.17, 15) is 0 Å². The quantitative estimate of drug-likeness (QED) is 0.917. The summed E-state index contributed by atoms with van der Waals surface area (Å²) >= 11 is 3.51. The van der Waals surface area contributed by atoms with E-state index in [4.69, 9.17) is 15.0 Å². The van der Waals surface area contributed by atoms with Crippen molar-refractivity contribution in [3.8, 4) is 5.75 Å². The molecular formula is C14H17BrN2O2. The average molecular weight is 325 g/mol. The number of para-hydroxylation sites is 1. The zero-order valence-corrected chi connectivity index (χ0v) is 12.6. The molecule has 0 aliphatic heterocycles. The number of nitrogens with two attached hydrogens (primary N) is 1. The molecule has 1 aromatic carbocycles. The highest BCUT2D eigenvalue weighted by Gasteiger charge is 2.11. The van der Waals surface area contributed by atoms with E-state index in [2.05, 4.69) is 21.1 Å². The van der Waals surface area contributed by atoms with Crippen molar-refractivity contribution in [3.05, 3.63) is 45.8 Å². The lowest BCUT2D eigenvalue weighted by molar-refractivity contribution is 0.283. The van der Waals surface area contributed by atoms with Crippen molar-refractivity contribution in [3.63, 3.8) is 0 Å². The van der Waals surface area contributed by atoms with Crippen LogP contribution in [0.25, 0.3) is 0 Å². The number of halogens is 1. The summed E-state index contributed by atoms with van der Waals surface area (Å²) in [4.78, 5) is 0. The summed E-state index contributed by atoms with van der Waals surface area (Å²) < 4.78 is 11.8. The van der Waals surface area contributed by atoms with Crippen LogP contribution in [0.3, 0.4) is 0 Å². The Morgan fingerprint density at radius 1 is 1.47 bits per heavy atom. The van der Waals surface area contributed by atoms with E-state index in [1.165, 1.54) is 0 Å². The fourth-order valence-electron chi connectivity index (χ4n) is 1.85. The summed E-state index contributed by atoms with van der Waals surface area (Å²) in [5, 5.41) is 3.91. The first-order chi connectivity index (χ1) is 9.06. The standard InChI is InChI=1S/C14H17BrN2O2/c1-9(16)6-11-4-3-5-13(15)14(11)18-8-12-7-10(2)19-17-12/h3-5,7,9H,6,8,16H2,1-2H3. The van der Waals surface area contributed by atoms with Gasteiger partial charge in [-0.05, 0) is 47.8 Å². The predicted octanol–water partition coefficient (Wildman–Crippen LogP) is 3.21. The molecule has 0 fully saturated rings. The highest BCUT2D eigenvalue weighted by atomic mass is 79.9. The normalized spacial score (nSPS) is 12.4. The van der Waals surface area contributed by atoms with Gasteiger partial charge in [0.1, 0.15) is 23.8 Å². The molecular weight excluding hydrogens is 308 g/mol. The Hall–Kier alpha value is -1.33. The lowest BCUT2D eigenvalue weighted by Crippen LogP contribution is -2.18. The Kier molecular flexibility index (Phi) is 4.61. The first kappa shape index (κ1) is 14.1. The van der Waals surface area contributed by atoms with E-state index in [1.54, 1.807) is 0 Å². The van der Waals surface area contributed by atoms with Crippen molar-refractivity contribution in [2.75, 3.05) is 0 Å². The van der Waals surface area contributed by atoms with Crippen LogP contribution in [0.15, 0.2) is 33.3 Å². The van der Waals surface area contributed by atoms with Gasteiger partial charge in [-0.25, -0.2) is 0 Å². The van der Waals surface area contributed by atoms with Crippen molar-refractivity contribution >= 4 is 15.9 Å². The molecule has 1 atom stereocenters. The van der Waals surface area contributed by atoms with E-state index in [1.807, 2.05) is 38.1 Å². The van der Waals surface area contributed by atoms with Crippen molar-refractivity contribution in [2.45, 2.75) is 32.9 Å². The molecule has 2 aromatic rings. The lowest BCUT2D eigenvalue weighted by atomic mass is 10.1. The van der Waals surface area contributed by atoms with Gasteiger partial charge in [-0.2, -0.15) is 0 Å². The maximum atomic E-state index is 5.86. The molecule has 0 aliphatic rings. The molecule has 0 amide bonds. The zero-order chi connectivity index (χ0) is 13.8. The van der Waals surface area contributed by atoms with Gasteiger partial charge in [-0.1, -0.05) is 17.3 Å². The van der Waals surface area contributed by atoms with Crippen LogP contribution in [0.2, 0.25) is 0 Å². The molecule has 19 heavy (non-hydrogen) atoms. The van der Waals surface area contributed by atoms with Gasteiger partial charge in [0.2, 0.25) is 0 Å². The number of nitrogens with zero attached hydrogens (tertiary/aromatic N) is 1. The summed E-state index contributed by atoms with van der Waals surface area (Å²) in [7, 11) is 0. The van der Waals surface area contributed by atoms with E-state index < -0.39 is 0 Å². The minimum absolute atomic E-state index is 0.0888. The molecule has 1 unspecified atom stereocenters. The molecule has 1 heterocycles. The minimum Gasteiger partial charge on any atom is -0.486 e. The lowest BCUT2D eigenvalue weighted by Gasteiger charge is -2.13. The number of aromatic nitrogens is 1. The van der Waals surface area contributed by atoms with Crippen molar-refractivity contribution < 1.29 is 9.26 Å². The van der Waals surface area contributed by atoms with E-state index in [0.717, 1.165) is 33.7 Å². The fraction of sp³-hybridized carbons (Fsp3) is 0.357. The molecule has 2 rings (SSSR count). The van der Waals surface area contributed by atoms with Crippen molar-refractivity contribution in [2.24, 2.45) is 5.73 Å². The largest absolute Gasteiger partial charge is 0.486 e. The number of aryl methyl sites for hydroxylation is 1. The fourth-order valence-corrected chi connectivity index (χ4v) is 2.38. The summed E-state index contributed by atoms with van der Waals surface area (Å²) in [5.74, 6) is 1.60. The number of hydrogen-bond acceptors (Lipinski definition) is 4.